The summed E-state index contributed by atoms with van der Waals surface area (Å²) in [6, 6.07) is 13.6. The Morgan fingerprint density at radius 1 is 1.21 bits per heavy atom. The number of nitrogens with one attached hydrogen (secondary N) is 2. The van der Waals surface area contributed by atoms with Crippen LogP contribution in [0.1, 0.15) is 25.3 Å². The van der Waals surface area contributed by atoms with E-state index in [1.165, 1.54) is 0 Å². The van der Waals surface area contributed by atoms with Crippen molar-refractivity contribution >= 4 is 33.2 Å². The van der Waals surface area contributed by atoms with E-state index in [1.807, 2.05) is 49.4 Å². The molecule has 1 aromatic carbocycles. The average molecular weight is 419 g/mol. The molecule has 0 saturated carbocycles. The van der Waals surface area contributed by atoms with Crippen LogP contribution >= 0.6 is 21.6 Å². The third-order valence-corrected chi connectivity index (χ3v) is 5.92. The molecule has 0 bridgehead atoms. The van der Waals surface area contributed by atoms with E-state index in [-0.39, 0.29) is 5.91 Å². The van der Waals surface area contributed by atoms with Crippen molar-refractivity contribution in [2.45, 2.75) is 24.8 Å². The highest BCUT2D eigenvalue weighted by Crippen LogP contribution is 2.28. The third-order valence-electron chi connectivity index (χ3n) is 3.66. The number of ether oxygens (including phenoxy) is 1. The SMILES string of the molecule is CN/N=C(\C)c1ccc(OCCCC(=O)NCCSSc2ccccn2)cc1. The van der Waals surface area contributed by atoms with Crippen LogP contribution < -0.4 is 15.5 Å². The van der Waals surface area contributed by atoms with E-state index in [2.05, 4.69) is 20.8 Å². The first-order valence-electron chi connectivity index (χ1n) is 9.10. The van der Waals surface area contributed by atoms with E-state index in [9.17, 15) is 4.79 Å². The second-order valence-corrected chi connectivity index (χ2v) is 8.26. The van der Waals surface area contributed by atoms with Gasteiger partial charge >= 0.3 is 0 Å². The molecule has 0 atom stereocenters. The first-order valence-corrected chi connectivity index (χ1v) is 11.4. The first kappa shape index (κ1) is 22.1. The molecule has 0 radical (unpaired) electrons. The molecule has 0 unspecified atom stereocenters. The Bertz CT molecular complexity index is 740. The van der Waals surface area contributed by atoms with Gasteiger partial charge in [-0.25, -0.2) is 4.98 Å². The molecule has 28 heavy (non-hydrogen) atoms. The summed E-state index contributed by atoms with van der Waals surface area (Å²) in [7, 11) is 5.08. The van der Waals surface area contributed by atoms with Crippen LogP contribution in [0.2, 0.25) is 0 Å². The number of carbonyl (C=O) groups excluding carboxylic acids is 1. The van der Waals surface area contributed by atoms with E-state index < -0.39 is 0 Å². The number of aromatic nitrogens is 1. The highest BCUT2D eigenvalue weighted by molar-refractivity contribution is 8.76. The lowest BCUT2D eigenvalue weighted by molar-refractivity contribution is -0.121. The van der Waals surface area contributed by atoms with Gasteiger partial charge in [0.25, 0.3) is 0 Å². The van der Waals surface area contributed by atoms with Crippen LogP contribution in [0.4, 0.5) is 0 Å². The molecule has 1 aromatic heterocycles. The minimum absolute atomic E-state index is 0.0567. The van der Waals surface area contributed by atoms with Crippen molar-refractivity contribution in [3.63, 3.8) is 0 Å². The van der Waals surface area contributed by atoms with Crippen LogP contribution in [0.15, 0.2) is 58.8 Å². The molecular weight excluding hydrogens is 392 g/mol. The molecule has 0 saturated heterocycles. The summed E-state index contributed by atoms with van der Waals surface area (Å²) in [5.74, 6) is 1.69. The molecule has 0 spiro atoms. The van der Waals surface area contributed by atoms with Gasteiger partial charge in [0.05, 0.1) is 12.3 Å². The molecule has 150 valence electrons. The summed E-state index contributed by atoms with van der Waals surface area (Å²) in [5.41, 5.74) is 4.74. The maximum absolute atomic E-state index is 11.9. The largest absolute Gasteiger partial charge is 0.494 e. The van der Waals surface area contributed by atoms with Gasteiger partial charge in [0, 0.05) is 32.0 Å². The Kier molecular flexibility index (Phi) is 10.3. The number of amides is 1. The minimum Gasteiger partial charge on any atom is -0.494 e. The van der Waals surface area contributed by atoms with Gasteiger partial charge in [-0.3, -0.25) is 4.79 Å². The fraction of sp³-hybridized carbons (Fsp3) is 0.350. The zero-order chi connectivity index (χ0) is 20.0. The van der Waals surface area contributed by atoms with Crippen LogP contribution in [0.3, 0.4) is 0 Å². The highest BCUT2D eigenvalue weighted by Gasteiger charge is 2.03. The van der Waals surface area contributed by atoms with Gasteiger partial charge in [-0.05, 0) is 66.1 Å². The second-order valence-electron chi connectivity index (χ2n) is 5.82. The van der Waals surface area contributed by atoms with Crippen LogP contribution in [0.5, 0.6) is 5.75 Å². The smallest absolute Gasteiger partial charge is 0.220 e. The van der Waals surface area contributed by atoms with Gasteiger partial charge in [-0.15, -0.1) is 0 Å². The number of hydrazone groups is 1. The standard InChI is InChI=1S/C20H26N4O2S2/c1-16(24-21-2)17-8-10-18(11-9-17)26-14-5-6-19(25)22-13-15-27-28-20-7-3-4-12-23-20/h3-4,7-12,21H,5-6,13-15H2,1-2H3,(H,22,25)/b24-16+. The van der Waals surface area contributed by atoms with Gasteiger partial charge in [-0.1, -0.05) is 16.9 Å². The molecule has 2 N–H and O–H groups in total. The Hall–Kier alpha value is -2.19. The summed E-state index contributed by atoms with van der Waals surface area (Å²) in [5, 5.41) is 8.06. The summed E-state index contributed by atoms with van der Waals surface area (Å²) in [4.78, 5) is 16.1. The maximum Gasteiger partial charge on any atom is 0.220 e. The zero-order valence-electron chi connectivity index (χ0n) is 16.2. The van der Waals surface area contributed by atoms with E-state index in [4.69, 9.17) is 4.74 Å². The molecule has 2 aromatic rings. The van der Waals surface area contributed by atoms with E-state index in [1.54, 1.807) is 34.8 Å². The molecule has 0 aliphatic carbocycles. The number of rotatable bonds is 12. The summed E-state index contributed by atoms with van der Waals surface area (Å²) >= 11 is 0. The second kappa shape index (κ2) is 13.1. The van der Waals surface area contributed by atoms with Gasteiger partial charge in [0.1, 0.15) is 10.8 Å². The zero-order valence-corrected chi connectivity index (χ0v) is 17.8. The molecule has 6 nitrogen and oxygen atoms in total. The lowest BCUT2D eigenvalue weighted by Gasteiger charge is -2.08. The molecule has 8 heteroatoms. The normalized spacial score (nSPS) is 11.1. The number of nitrogens with zero attached hydrogens (tertiary/aromatic N) is 2. The average Bonchev–Trinajstić information content (AvgIpc) is 2.72. The summed E-state index contributed by atoms with van der Waals surface area (Å²) in [6.07, 6.45) is 2.92. The summed E-state index contributed by atoms with van der Waals surface area (Å²) in [6.45, 7) is 3.11. The maximum atomic E-state index is 11.9. The van der Waals surface area contributed by atoms with Crippen LogP contribution in [-0.4, -0.2) is 42.6 Å². The van der Waals surface area contributed by atoms with Gasteiger partial charge in [0.2, 0.25) is 5.91 Å². The molecule has 0 fully saturated rings. The predicted molar refractivity (Wildman–Crippen MR) is 118 cm³/mol. The van der Waals surface area contributed by atoms with E-state index in [0.717, 1.165) is 27.8 Å². The Labute approximate surface area is 174 Å². The lowest BCUT2D eigenvalue weighted by atomic mass is 10.1. The van der Waals surface area contributed by atoms with Crippen molar-refractivity contribution in [3.05, 3.63) is 54.2 Å². The first-order chi connectivity index (χ1) is 13.7. The molecule has 2 rings (SSSR count). The number of carbonyl (C=O) groups is 1. The topological polar surface area (TPSA) is 75.6 Å². The minimum atomic E-state index is 0.0567. The Balaban J connectivity index is 1.53. The number of hydrogen-bond acceptors (Lipinski definition) is 7. The van der Waals surface area contributed by atoms with Gasteiger partial charge in [-0.2, -0.15) is 5.10 Å². The lowest BCUT2D eigenvalue weighted by Crippen LogP contribution is -2.25. The molecule has 1 amide bonds. The molecule has 1 heterocycles. The summed E-state index contributed by atoms with van der Waals surface area (Å²) < 4.78 is 5.69. The fourth-order valence-corrected chi connectivity index (χ4v) is 4.05. The van der Waals surface area contributed by atoms with Crippen molar-refractivity contribution in [3.8, 4) is 5.75 Å². The highest BCUT2D eigenvalue weighted by atomic mass is 33.1. The fourth-order valence-electron chi connectivity index (χ4n) is 2.27. The number of pyridine rings is 1. The Morgan fingerprint density at radius 3 is 2.75 bits per heavy atom. The van der Waals surface area contributed by atoms with Gasteiger partial charge < -0.3 is 15.5 Å². The number of hydrogen-bond donors (Lipinski definition) is 2. The van der Waals surface area contributed by atoms with Crippen molar-refractivity contribution in [1.82, 2.24) is 15.7 Å². The quantitative estimate of drug-likeness (QED) is 0.237. The number of benzene rings is 1. The Morgan fingerprint density at radius 2 is 2.04 bits per heavy atom. The van der Waals surface area contributed by atoms with Crippen LogP contribution in [0, 0.1) is 0 Å². The van der Waals surface area contributed by atoms with Crippen LogP contribution in [0.25, 0.3) is 0 Å². The van der Waals surface area contributed by atoms with Crippen molar-refractivity contribution < 1.29 is 9.53 Å². The van der Waals surface area contributed by atoms with E-state index in [0.29, 0.717) is 26.0 Å². The molecule has 0 aliphatic heterocycles. The van der Waals surface area contributed by atoms with Gasteiger partial charge in [0.15, 0.2) is 0 Å². The van der Waals surface area contributed by atoms with Crippen molar-refractivity contribution in [2.24, 2.45) is 5.10 Å². The van der Waals surface area contributed by atoms with Crippen molar-refractivity contribution in [1.29, 1.82) is 0 Å². The molecular formula is C20H26N4O2S2. The molecule has 0 aliphatic rings. The predicted octanol–water partition coefficient (Wildman–Crippen LogP) is 3.74. The van der Waals surface area contributed by atoms with E-state index >= 15 is 0 Å². The third kappa shape index (κ3) is 8.67. The monoisotopic (exact) mass is 418 g/mol. The van der Waals surface area contributed by atoms with Crippen molar-refractivity contribution in [2.75, 3.05) is 26.0 Å². The van der Waals surface area contributed by atoms with Crippen LogP contribution in [-0.2, 0) is 4.79 Å².